The fraction of sp³-hybridized carbons (Fsp3) is 0.538. The molecule has 1 aromatic rings. The molecule has 0 saturated carbocycles. The summed E-state index contributed by atoms with van der Waals surface area (Å²) in [4.78, 5) is 0. The molecule has 4 atom stereocenters. The van der Waals surface area contributed by atoms with Gasteiger partial charge in [0, 0.05) is 13.7 Å². The maximum absolute atomic E-state index is 5.94. The van der Waals surface area contributed by atoms with E-state index in [0.717, 1.165) is 6.54 Å². The van der Waals surface area contributed by atoms with Crippen LogP contribution in [0.2, 0.25) is 0 Å². The average molecular weight is 235 g/mol. The number of morpholine rings is 1. The van der Waals surface area contributed by atoms with Crippen LogP contribution in [-0.2, 0) is 20.8 Å². The molecule has 2 saturated heterocycles. The summed E-state index contributed by atoms with van der Waals surface area (Å²) in [6.45, 7) is 1.48. The summed E-state index contributed by atoms with van der Waals surface area (Å²) in [5.41, 5.74) is 1.19. The van der Waals surface area contributed by atoms with Crippen LogP contribution in [0.1, 0.15) is 5.56 Å². The van der Waals surface area contributed by atoms with Crippen molar-refractivity contribution in [2.24, 2.45) is 0 Å². The van der Waals surface area contributed by atoms with Gasteiger partial charge in [-0.05, 0) is 5.56 Å². The monoisotopic (exact) mass is 235 g/mol. The Balaban J connectivity index is 1.60. The smallest absolute Gasteiger partial charge is 0.175 e. The maximum Gasteiger partial charge on any atom is 0.175 e. The van der Waals surface area contributed by atoms with Crippen LogP contribution in [0.5, 0.6) is 0 Å². The molecule has 4 heteroatoms. The van der Waals surface area contributed by atoms with Crippen molar-refractivity contribution >= 4 is 0 Å². The highest BCUT2D eigenvalue weighted by Crippen LogP contribution is 2.29. The van der Waals surface area contributed by atoms with Crippen LogP contribution in [0.15, 0.2) is 30.3 Å². The van der Waals surface area contributed by atoms with E-state index >= 15 is 0 Å². The quantitative estimate of drug-likeness (QED) is 0.842. The first kappa shape index (κ1) is 11.2. The second-order valence-electron chi connectivity index (χ2n) is 4.47. The van der Waals surface area contributed by atoms with Crippen molar-refractivity contribution < 1.29 is 14.2 Å². The van der Waals surface area contributed by atoms with Gasteiger partial charge in [-0.1, -0.05) is 30.3 Å². The summed E-state index contributed by atoms with van der Waals surface area (Å²) in [6, 6.07) is 10.4. The number of rotatable bonds is 4. The topological polar surface area (TPSA) is 39.7 Å². The van der Waals surface area contributed by atoms with Gasteiger partial charge in [0.2, 0.25) is 0 Å². The Morgan fingerprint density at radius 3 is 2.88 bits per heavy atom. The third-order valence-corrected chi connectivity index (χ3v) is 3.39. The number of methoxy groups -OCH3 is 1. The fourth-order valence-corrected chi connectivity index (χ4v) is 2.53. The van der Waals surface area contributed by atoms with Gasteiger partial charge >= 0.3 is 0 Å². The van der Waals surface area contributed by atoms with Crippen LogP contribution in [0.3, 0.4) is 0 Å². The lowest BCUT2D eigenvalue weighted by Crippen LogP contribution is -2.42. The van der Waals surface area contributed by atoms with Crippen LogP contribution in [0, 0.1) is 0 Å². The van der Waals surface area contributed by atoms with E-state index in [-0.39, 0.29) is 24.5 Å². The van der Waals surface area contributed by atoms with Crippen LogP contribution in [-0.4, -0.2) is 38.2 Å². The Bertz CT molecular complexity index is 370. The minimum Gasteiger partial charge on any atom is -0.369 e. The Morgan fingerprint density at radius 1 is 1.35 bits per heavy atom. The molecule has 0 spiro atoms. The van der Waals surface area contributed by atoms with Gasteiger partial charge in [-0.15, -0.1) is 0 Å². The predicted molar refractivity (Wildman–Crippen MR) is 62.5 cm³/mol. The average Bonchev–Trinajstić information content (AvgIpc) is 2.94. The number of hydrogen-bond donors (Lipinski definition) is 1. The molecule has 2 heterocycles. The third kappa shape index (κ3) is 2.09. The van der Waals surface area contributed by atoms with Crippen molar-refractivity contribution in [1.82, 2.24) is 5.32 Å². The molecule has 0 aromatic heterocycles. The first-order valence-corrected chi connectivity index (χ1v) is 5.95. The zero-order chi connectivity index (χ0) is 11.7. The Labute approximate surface area is 101 Å². The van der Waals surface area contributed by atoms with Crippen molar-refractivity contribution in [1.29, 1.82) is 0 Å². The first-order chi connectivity index (χ1) is 8.38. The van der Waals surface area contributed by atoms with E-state index in [4.69, 9.17) is 14.2 Å². The number of fused-ring (bicyclic) bond motifs is 2. The van der Waals surface area contributed by atoms with Crippen molar-refractivity contribution in [3.8, 4) is 0 Å². The molecule has 0 unspecified atom stereocenters. The highest BCUT2D eigenvalue weighted by molar-refractivity contribution is 5.13. The van der Waals surface area contributed by atoms with Gasteiger partial charge in [0.15, 0.2) is 6.29 Å². The van der Waals surface area contributed by atoms with E-state index < -0.39 is 0 Å². The number of nitrogens with one attached hydrogen (secondary N) is 1. The van der Waals surface area contributed by atoms with Gasteiger partial charge in [0.05, 0.1) is 12.6 Å². The minimum atomic E-state index is -0.172. The molecule has 0 aliphatic carbocycles. The highest BCUT2D eigenvalue weighted by atomic mass is 16.7. The van der Waals surface area contributed by atoms with E-state index in [2.05, 4.69) is 17.4 Å². The molecular formula is C13H17NO3. The highest BCUT2D eigenvalue weighted by Gasteiger charge is 2.50. The second-order valence-corrected chi connectivity index (χ2v) is 4.47. The normalized spacial score (nSPS) is 35.4. The van der Waals surface area contributed by atoms with Crippen LogP contribution >= 0.6 is 0 Å². The van der Waals surface area contributed by atoms with E-state index in [9.17, 15) is 0 Å². The van der Waals surface area contributed by atoms with Gasteiger partial charge in [0.25, 0.3) is 0 Å². The van der Waals surface area contributed by atoms with E-state index in [1.807, 2.05) is 18.2 Å². The number of ether oxygens (including phenoxy) is 3. The molecule has 17 heavy (non-hydrogen) atoms. The van der Waals surface area contributed by atoms with Gasteiger partial charge < -0.3 is 19.5 Å². The Morgan fingerprint density at radius 2 is 2.18 bits per heavy atom. The molecule has 2 bridgehead atoms. The predicted octanol–water partition coefficient (Wildman–Crippen LogP) is 0.915. The van der Waals surface area contributed by atoms with E-state index in [1.165, 1.54) is 5.56 Å². The zero-order valence-corrected chi connectivity index (χ0v) is 9.84. The van der Waals surface area contributed by atoms with Crippen molar-refractivity contribution in [2.75, 3.05) is 13.7 Å². The summed E-state index contributed by atoms with van der Waals surface area (Å²) in [6.07, 6.45) is 0.0448. The van der Waals surface area contributed by atoms with Crippen LogP contribution in [0.25, 0.3) is 0 Å². The minimum absolute atomic E-state index is 0.0974. The molecule has 0 radical (unpaired) electrons. The molecule has 0 amide bonds. The molecule has 1 N–H and O–H groups in total. The van der Waals surface area contributed by atoms with Gasteiger partial charge in [-0.3, -0.25) is 0 Å². The van der Waals surface area contributed by atoms with Crippen molar-refractivity contribution in [3.63, 3.8) is 0 Å². The standard InChI is InChI=1S/C13H17NO3/c1-15-13-11-12(10(17-13)7-14-11)16-8-9-5-3-2-4-6-9/h2-6,10-14H,7-8H2,1H3/t10-,11+,12+,13+/m1/s1. The fourth-order valence-electron chi connectivity index (χ4n) is 2.53. The summed E-state index contributed by atoms with van der Waals surface area (Å²) < 4.78 is 16.9. The number of hydrogen-bond acceptors (Lipinski definition) is 4. The second kappa shape index (κ2) is 4.74. The first-order valence-electron chi connectivity index (χ1n) is 5.95. The van der Waals surface area contributed by atoms with Crippen molar-refractivity contribution in [2.45, 2.75) is 31.1 Å². The van der Waals surface area contributed by atoms with Crippen LogP contribution in [0.4, 0.5) is 0 Å². The summed E-state index contributed by atoms with van der Waals surface area (Å²) in [5, 5.41) is 3.37. The van der Waals surface area contributed by atoms with E-state index in [1.54, 1.807) is 7.11 Å². The molecule has 2 aliphatic heterocycles. The van der Waals surface area contributed by atoms with Crippen molar-refractivity contribution in [3.05, 3.63) is 35.9 Å². The largest absolute Gasteiger partial charge is 0.369 e. The van der Waals surface area contributed by atoms with Gasteiger partial charge in [-0.25, -0.2) is 0 Å². The summed E-state index contributed by atoms with van der Waals surface area (Å²) in [7, 11) is 1.67. The number of benzene rings is 1. The zero-order valence-electron chi connectivity index (χ0n) is 9.84. The van der Waals surface area contributed by atoms with E-state index in [0.29, 0.717) is 6.61 Å². The summed E-state index contributed by atoms with van der Waals surface area (Å²) in [5.74, 6) is 0. The molecule has 2 fully saturated rings. The maximum atomic E-state index is 5.94. The lowest BCUT2D eigenvalue weighted by atomic mass is 10.2. The molecule has 4 nitrogen and oxygen atoms in total. The Kier molecular flexibility index (Phi) is 3.11. The molecule has 92 valence electrons. The van der Waals surface area contributed by atoms with Crippen LogP contribution < -0.4 is 5.32 Å². The third-order valence-electron chi connectivity index (χ3n) is 3.39. The van der Waals surface area contributed by atoms with Gasteiger partial charge in [0.1, 0.15) is 12.2 Å². The molecule has 1 aromatic carbocycles. The molecule has 2 aliphatic rings. The Hall–Kier alpha value is -0.940. The molecule has 3 rings (SSSR count). The van der Waals surface area contributed by atoms with Gasteiger partial charge in [-0.2, -0.15) is 0 Å². The lowest BCUT2D eigenvalue weighted by Gasteiger charge is -2.20. The SMILES string of the molecule is CO[C@H]1O[C@@H]2CN[C@H]1[C@H]2OCc1ccccc1. The molecular weight excluding hydrogens is 218 g/mol. The summed E-state index contributed by atoms with van der Waals surface area (Å²) >= 11 is 0. The lowest BCUT2D eigenvalue weighted by molar-refractivity contribution is -0.139.